The molecule has 0 radical (unpaired) electrons. The summed E-state index contributed by atoms with van der Waals surface area (Å²) in [7, 11) is -5.58. The molecule has 228 valence electrons. The van der Waals surface area contributed by atoms with Crippen LogP contribution < -0.4 is 4.72 Å². The third-order valence-electron chi connectivity index (χ3n) is 7.31. The number of amides is 1. The van der Waals surface area contributed by atoms with Gasteiger partial charge in [0, 0.05) is 6.42 Å². The third kappa shape index (κ3) is 24.3. The highest BCUT2D eigenvalue weighted by atomic mass is 32.2. The second kappa shape index (κ2) is 25.2. The van der Waals surface area contributed by atoms with Gasteiger partial charge < -0.3 is 0 Å². The van der Waals surface area contributed by atoms with Gasteiger partial charge in [-0.1, -0.05) is 167 Å². The van der Waals surface area contributed by atoms with E-state index in [1.165, 1.54) is 135 Å². The van der Waals surface area contributed by atoms with Crippen molar-refractivity contribution in [3.05, 3.63) is 0 Å². The van der Waals surface area contributed by atoms with Crippen LogP contribution in [0.5, 0.6) is 0 Å². The number of unbranched alkanes of at least 4 members (excludes halogenated alkanes) is 25. The molecular formula is C30H58F3NO3S. The van der Waals surface area contributed by atoms with E-state index >= 15 is 0 Å². The highest BCUT2D eigenvalue weighted by Crippen LogP contribution is 2.22. The fourth-order valence-corrected chi connectivity index (χ4v) is 5.38. The van der Waals surface area contributed by atoms with Gasteiger partial charge in [0.25, 0.3) is 0 Å². The van der Waals surface area contributed by atoms with Gasteiger partial charge in [-0.3, -0.25) is 4.79 Å². The lowest BCUT2D eigenvalue weighted by Crippen LogP contribution is -2.40. The molecule has 0 aromatic rings. The molecule has 0 saturated carbocycles. The highest BCUT2D eigenvalue weighted by Gasteiger charge is 2.46. The average Bonchev–Trinajstić information content (AvgIpc) is 2.85. The largest absolute Gasteiger partial charge is 0.516 e. The first-order valence-corrected chi connectivity index (χ1v) is 17.3. The number of sulfonamides is 1. The molecule has 0 unspecified atom stereocenters. The minimum Gasteiger partial charge on any atom is -0.274 e. The average molecular weight is 570 g/mol. The zero-order valence-corrected chi connectivity index (χ0v) is 25.2. The van der Waals surface area contributed by atoms with Gasteiger partial charge in [0.1, 0.15) is 0 Å². The van der Waals surface area contributed by atoms with Crippen molar-refractivity contribution in [1.29, 1.82) is 0 Å². The van der Waals surface area contributed by atoms with Gasteiger partial charge in [0.05, 0.1) is 0 Å². The van der Waals surface area contributed by atoms with Gasteiger partial charge in [0.2, 0.25) is 5.91 Å². The molecule has 0 saturated heterocycles. The lowest BCUT2D eigenvalue weighted by atomic mass is 10.0. The van der Waals surface area contributed by atoms with Crippen LogP contribution in [-0.2, 0) is 14.8 Å². The zero-order valence-electron chi connectivity index (χ0n) is 24.4. The highest BCUT2D eigenvalue weighted by molar-refractivity contribution is 7.90. The summed E-state index contributed by atoms with van der Waals surface area (Å²) in [4.78, 5) is 11.4. The van der Waals surface area contributed by atoms with Gasteiger partial charge in [-0.25, -0.2) is 4.72 Å². The Bertz CT molecular complexity index is 639. The van der Waals surface area contributed by atoms with Crippen molar-refractivity contribution >= 4 is 15.9 Å². The van der Waals surface area contributed by atoms with Crippen LogP contribution in [0.25, 0.3) is 0 Å². The molecule has 0 atom stereocenters. The van der Waals surface area contributed by atoms with Crippen molar-refractivity contribution in [3.63, 3.8) is 0 Å². The van der Waals surface area contributed by atoms with Crippen molar-refractivity contribution in [3.8, 4) is 0 Å². The number of hydrogen-bond donors (Lipinski definition) is 1. The van der Waals surface area contributed by atoms with Crippen LogP contribution in [0.3, 0.4) is 0 Å². The number of halogens is 3. The van der Waals surface area contributed by atoms with Crippen molar-refractivity contribution in [2.45, 2.75) is 186 Å². The second-order valence-corrected chi connectivity index (χ2v) is 12.7. The summed E-state index contributed by atoms with van der Waals surface area (Å²) in [5, 5.41) is 0. The summed E-state index contributed by atoms with van der Waals surface area (Å²) < 4.78 is 59.4. The molecule has 0 aliphatic rings. The predicted molar refractivity (Wildman–Crippen MR) is 153 cm³/mol. The Kier molecular flexibility index (Phi) is 24.7. The summed E-state index contributed by atoms with van der Waals surface area (Å²) in [5.74, 6) is -1.09. The second-order valence-electron chi connectivity index (χ2n) is 11.1. The van der Waals surface area contributed by atoms with E-state index in [-0.39, 0.29) is 6.42 Å². The van der Waals surface area contributed by atoms with Crippen LogP contribution in [0.4, 0.5) is 13.2 Å². The van der Waals surface area contributed by atoms with Crippen LogP contribution in [-0.4, -0.2) is 19.8 Å². The standard InChI is InChI=1S/C30H58F3NO3S/c1-2-3-4-5-6-7-8-9-10-11-12-13-14-15-16-17-18-19-20-21-22-23-24-25-26-27-28-29(35)34-38(36,37)30(31,32)33/h2-28H2,1H3,(H,34,35). The van der Waals surface area contributed by atoms with Crippen molar-refractivity contribution in [1.82, 2.24) is 4.72 Å². The number of alkyl halides is 3. The van der Waals surface area contributed by atoms with E-state index in [4.69, 9.17) is 0 Å². The van der Waals surface area contributed by atoms with E-state index in [0.717, 1.165) is 30.4 Å². The lowest BCUT2D eigenvalue weighted by Gasteiger charge is -2.09. The molecule has 1 amide bonds. The van der Waals surface area contributed by atoms with Crippen LogP contribution in [0, 0.1) is 0 Å². The normalized spacial score (nSPS) is 12.2. The fraction of sp³-hybridized carbons (Fsp3) is 0.967. The third-order valence-corrected chi connectivity index (χ3v) is 8.42. The van der Waals surface area contributed by atoms with Gasteiger partial charge in [-0.05, 0) is 6.42 Å². The van der Waals surface area contributed by atoms with Crippen LogP contribution in [0.2, 0.25) is 0 Å². The molecule has 0 bridgehead atoms. The summed E-state index contributed by atoms with van der Waals surface area (Å²) in [6.07, 6.45) is 32.9. The number of rotatable bonds is 28. The van der Waals surface area contributed by atoms with Crippen molar-refractivity contribution in [2.75, 3.05) is 0 Å². The smallest absolute Gasteiger partial charge is 0.274 e. The molecule has 4 nitrogen and oxygen atoms in total. The maximum Gasteiger partial charge on any atom is 0.516 e. The summed E-state index contributed by atoms with van der Waals surface area (Å²) in [6, 6.07) is 0. The molecule has 0 aliphatic heterocycles. The van der Waals surface area contributed by atoms with E-state index in [0.29, 0.717) is 6.42 Å². The first-order valence-electron chi connectivity index (χ1n) is 15.8. The van der Waals surface area contributed by atoms with Crippen LogP contribution >= 0.6 is 0 Å². The Morgan fingerprint density at radius 1 is 0.500 bits per heavy atom. The zero-order chi connectivity index (χ0) is 28.4. The minimum atomic E-state index is -5.58. The van der Waals surface area contributed by atoms with E-state index in [1.807, 2.05) is 0 Å². The van der Waals surface area contributed by atoms with Crippen molar-refractivity contribution in [2.24, 2.45) is 0 Å². The van der Waals surface area contributed by atoms with Gasteiger partial charge >= 0.3 is 15.5 Å². The topological polar surface area (TPSA) is 63.2 Å². The maximum absolute atomic E-state index is 12.2. The van der Waals surface area contributed by atoms with Gasteiger partial charge in [-0.2, -0.15) is 21.6 Å². The van der Waals surface area contributed by atoms with E-state index in [1.54, 1.807) is 0 Å². The molecular weight excluding hydrogens is 511 g/mol. The molecule has 1 N–H and O–H groups in total. The molecule has 0 heterocycles. The number of nitrogens with one attached hydrogen (secondary N) is 1. The van der Waals surface area contributed by atoms with E-state index in [2.05, 4.69) is 6.92 Å². The number of hydrogen-bond acceptors (Lipinski definition) is 3. The quantitative estimate of drug-likeness (QED) is 0.0953. The predicted octanol–water partition coefficient (Wildman–Crippen LogP) is 10.5. The first kappa shape index (κ1) is 37.2. The Balaban J connectivity index is 3.23. The molecule has 38 heavy (non-hydrogen) atoms. The maximum atomic E-state index is 12.2. The molecule has 0 fully saturated rings. The number of carbonyl (C=O) groups excluding carboxylic acids is 1. The Morgan fingerprint density at radius 2 is 0.737 bits per heavy atom. The summed E-state index contributed by atoms with van der Waals surface area (Å²) in [5.41, 5.74) is -5.45. The SMILES string of the molecule is CCCCCCCCCCCCCCCCCCCCCCCCCCCCC(=O)NS(=O)(=O)C(F)(F)F. The van der Waals surface area contributed by atoms with Gasteiger partial charge in [0.15, 0.2) is 0 Å². The monoisotopic (exact) mass is 569 g/mol. The van der Waals surface area contributed by atoms with Gasteiger partial charge in [-0.15, -0.1) is 0 Å². The summed E-state index contributed by atoms with van der Waals surface area (Å²) in [6.45, 7) is 2.27. The van der Waals surface area contributed by atoms with E-state index < -0.39 is 21.4 Å². The van der Waals surface area contributed by atoms with Crippen LogP contribution in [0.1, 0.15) is 180 Å². The molecule has 0 aromatic carbocycles. The molecule has 0 aromatic heterocycles. The first-order chi connectivity index (χ1) is 18.2. The molecule has 0 spiro atoms. The Morgan fingerprint density at radius 3 is 0.974 bits per heavy atom. The number of carbonyl (C=O) groups is 1. The molecule has 8 heteroatoms. The fourth-order valence-electron chi connectivity index (χ4n) is 4.86. The van der Waals surface area contributed by atoms with Crippen molar-refractivity contribution < 1.29 is 26.4 Å². The summed E-state index contributed by atoms with van der Waals surface area (Å²) >= 11 is 0. The van der Waals surface area contributed by atoms with E-state index in [9.17, 15) is 26.4 Å². The Hall–Kier alpha value is -0.790. The lowest BCUT2D eigenvalue weighted by molar-refractivity contribution is -0.120. The molecule has 0 aliphatic carbocycles. The molecule has 0 rings (SSSR count). The Labute approximate surface area is 232 Å². The minimum absolute atomic E-state index is 0.200. The van der Waals surface area contributed by atoms with Crippen LogP contribution in [0.15, 0.2) is 0 Å².